The summed E-state index contributed by atoms with van der Waals surface area (Å²) in [5.74, 6) is 0. The molecule has 3 N–H and O–H groups in total. The van der Waals surface area contributed by atoms with Crippen LogP contribution in [0.4, 0.5) is 0 Å². The van der Waals surface area contributed by atoms with Crippen molar-refractivity contribution in [1.29, 1.82) is 0 Å². The summed E-state index contributed by atoms with van der Waals surface area (Å²) in [7, 11) is 0. The summed E-state index contributed by atoms with van der Waals surface area (Å²) in [4.78, 5) is 0. The summed E-state index contributed by atoms with van der Waals surface area (Å²) in [5.41, 5.74) is 0. The fourth-order valence-electron chi connectivity index (χ4n) is 0. The fourth-order valence-corrected chi connectivity index (χ4v) is 0. The molecule has 0 amide bonds. The van der Waals surface area contributed by atoms with Gasteiger partial charge in [0.15, 0.2) is 0 Å². The molecule has 0 rings (SSSR count). The minimum atomic E-state index is 0. The van der Waals surface area contributed by atoms with Crippen LogP contribution in [0.15, 0.2) is 0 Å². The van der Waals surface area contributed by atoms with Crippen LogP contribution in [0, 0.1) is 0 Å². The van der Waals surface area contributed by atoms with E-state index in [2.05, 4.69) is 0 Å². The summed E-state index contributed by atoms with van der Waals surface area (Å²) >= 11 is 0. The summed E-state index contributed by atoms with van der Waals surface area (Å²) in [6, 6.07) is 0. The SMILES string of the molecule is Cl.Cl.Cl.N.[H-].[Na+].[Zn]. The zero-order valence-corrected chi connectivity index (χ0v) is 11.1. The molecule has 0 aromatic rings. The smallest absolute Gasteiger partial charge is 1.00 e. The molecule has 36 valence electrons. The van der Waals surface area contributed by atoms with Gasteiger partial charge in [0.1, 0.15) is 0 Å². The Hall–Kier alpha value is 2.45. The number of rotatable bonds is 0. The van der Waals surface area contributed by atoms with Gasteiger partial charge < -0.3 is 7.58 Å². The Morgan fingerprint density at radius 2 is 0.833 bits per heavy atom. The second-order valence-corrected chi connectivity index (χ2v) is 0. The third-order valence-corrected chi connectivity index (χ3v) is 0. The molecule has 0 radical (unpaired) electrons. The van der Waals surface area contributed by atoms with Crippen molar-refractivity contribution >= 4 is 37.2 Å². The molecular weight excluding hydrogens is 209 g/mol. The van der Waals surface area contributed by atoms with Crippen molar-refractivity contribution < 1.29 is 50.5 Å². The van der Waals surface area contributed by atoms with Gasteiger partial charge in [-0.15, -0.1) is 37.2 Å². The van der Waals surface area contributed by atoms with E-state index >= 15 is 0 Å². The second kappa shape index (κ2) is 51.6. The van der Waals surface area contributed by atoms with Crippen molar-refractivity contribution in [2.45, 2.75) is 0 Å². The van der Waals surface area contributed by atoms with Crippen LogP contribution in [-0.2, 0) is 19.5 Å². The average Bonchev–Trinajstić information content (AvgIpc) is 0. The molecule has 0 unspecified atom stereocenters. The molecule has 0 aliphatic carbocycles. The van der Waals surface area contributed by atoms with Gasteiger partial charge in [0.05, 0.1) is 0 Å². The predicted molar refractivity (Wildman–Crippen MR) is 27.9 cm³/mol. The minimum Gasteiger partial charge on any atom is -1.00 e. The standard InChI is InChI=1S/3ClH.H3N.Na.Zn.H/h3*1H;1H3;;;/q;;;;+1;;-1. The van der Waals surface area contributed by atoms with Crippen LogP contribution in [0.25, 0.3) is 0 Å². The first-order valence-electron chi connectivity index (χ1n) is 0. The normalized spacial score (nSPS) is 0. The molecule has 0 aromatic carbocycles. The molecule has 0 bridgehead atoms. The van der Waals surface area contributed by atoms with Gasteiger partial charge in [0, 0.05) is 19.5 Å². The summed E-state index contributed by atoms with van der Waals surface area (Å²) < 4.78 is 0. The van der Waals surface area contributed by atoms with Gasteiger partial charge in [-0.3, -0.25) is 0 Å². The molecule has 0 saturated heterocycles. The summed E-state index contributed by atoms with van der Waals surface area (Å²) in [6.07, 6.45) is 0. The molecule has 0 aliphatic heterocycles. The van der Waals surface area contributed by atoms with Crippen molar-refractivity contribution in [3.8, 4) is 0 Å². The van der Waals surface area contributed by atoms with E-state index in [1.165, 1.54) is 0 Å². The molecule has 0 aromatic heterocycles. The van der Waals surface area contributed by atoms with Gasteiger partial charge in [0.2, 0.25) is 0 Å². The van der Waals surface area contributed by atoms with E-state index in [-0.39, 0.29) is 93.8 Å². The van der Waals surface area contributed by atoms with E-state index in [4.69, 9.17) is 0 Å². The first kappa shape index (κ1) is 78.0. The van der Waals surface area contributed by atoms with Crippen LogP contribution < -0.4 is 35.7 Å². The third-order valence-electron chi connectivity index (χ3n) is 0. The Kier molecular flexibility index (Phi) is 671. The first-order chi connectivity index (χ1) is 0. The van der Waals surface area contributed by atoms with Crippen LogP contribution in [0.5, 0.6) is 0 Å². The Labute approximate surface area is 92.7 Å². The molecule has 6 heteroatoms. The molecule has 0 heterocycles. The monoisotopic (exact) mass is 213 g/mol. The number of hydrogen-bond acceptors (Lipinski definition) is 1. The van der Waals surface area contributed by atoms with Gasteiger partial charge in [-0.25, -0.2) is 0 Å². The van der Waals surface area contributed by atoms with E-state index in [1.807, 2.05) is 0 Å². The Bertz CT molecular complexity index is 14.9. The van der Waals surface area contributed by atoms with Crippen LogP contribution in [0.3, 0.4) is 0 Å². The van der Waals surface area contributed by atoms with Crippen LogP contribution in [0.2, 0.25) is 0 Å². The van der Waals surface area contributed by atoms with Crippen LogP contribution in [0.1, 0.15) is 1.43 Å². The van der Waals surface area contributed by atoms with Gasteiger partial charge in [-0.05, 0) is 0 Å². The first-order valence-corrected chi connectivity index (χ1v) is 0. The minimum absolute atomic E-state index is 0. The number of hydrogen-bond donors (Lipinski definition) is 1. The Morgan fingerprint density at radius 3 is 0.833 bits per heavy atom. The molecule has 6 heavy (non-hydrogen) atoms. The van der Waals surface area contributed by atoms with E-state index in [1.54, 1.807) is 0 Å². The van der Waals surface area contributed by atoms with Crippen LogP contribution in [-0.4, -0.2) is 0 Å². The summed E-state index contributed by atoms with van der Waals surface area (Å²) in [5, 5.41) is 0. The second-order valence-electron chi connectivity index (χ2n) is 0. The van der Waals surface area contributed by atoms with E-state index in [0.717, 1.165) is 0 Å². The van der Waals surface area contributed by atoms with Gasteiger partial charge in [-0.2, -0.15) is 0 Å². The van der Waals surface area contributed by atoms with Crippen molar-refractivity contribution in [1.82, 2.24) is 6.15 Å². The molecule has 0 fully saturated rings. The topological polar surface area (TPSA) is 35.0 Å². The van der Waals surface area contributed by atoms with E-state index in [0.29, 0.717) is 0 Å². The zero-order chi connectivity index (χ0) is 0. The van der Waals surface area contributed by atoms with Gasteiger partial charge in [0.25, 0.3) is 0 Å². The fraction of sp³-hybridized carbons (Fsp3) is 0. The average molecular weight is 216 g/mol. The number of halogens is 3. The van der Waals surface area contributed by atoms with Crippen molar-refractivity contribution in [3.05, 3.63) is 0 Å². The summed E-state index contributed by atoms with van der Waals surface area (Å²) in [6.45, 7) is 0. The van der Waals surface area contributed by atoms with Crippen molar-refractivity contribution in [3.63, 3.8) is 0 Å². The third kappa shape index (κ3) is 31.9. The molecule has 1 nitrogen and oxygen atoms in total. The molecule has 0 spiro atoms. The molecule has 0 aliphatic rings. The maximum absolute atomic E-state index is 0. The maximum atomic E-state index is 0. The van der Waals surface area contributed by atoms with Gasteiger partial charge in [-0.1, -0.05) is 0 Å². The quantitative estimate of drug-likeness (QED) is 0.493. The Morgan fingerprint density at radius 1 is 0.833 bits per heavy atom. The van der Waals surface area contributed by atoms with E-state index in [9.17, 15) is 0 Å². The van der Waals surface area contributed by atoms with Crippen molar-refractivity contribution in [2.24, 2.45) is 0 Å². The Balaban J connectivity index is 0. The largest absolute Gasteiger partial charge is 1.00 e. The predicted octanol–water partition coefficient (Wildman–Crippen LogP) is -1.46. The maximum Gasteiger partial charge on any atom is 1.00 e. The molecule has 0 saturated carbocycles. The van der Waals surface area contributed by atoms with Crippen molar-refractivity contribution in [2.75, 3.05) is 0 Å². The zero-order valence-electron chi connectivity index (χ0n) is 4.64. The van der Waals surface area contributed by atoms with Crippen LogP contribution >= 0.6 is 37.2 Å². The van der Waals surface area contributed by atoms with Gasteiger partial charge >= 0.3 is 29.6 Å². The molecular formula is H7Cl3NNaZn. The molecule has 0 atom stereocenters. The van der Waals surface area contributed by atoms with E-state index < -0.39 is 0 Å².